The van der Waals surface area contributed by atoms with Crippen LogP contribution in [0.5, 0.6) is 0 Å². The van der Waals surface area contributed by atoms with Gasteiger partial charge in [0.15, 0.2) is 0 Å². The van der Waals surface area contributed by atoms with Crippen LogP contribution in [0.3, 0.4) is 0 Å². The first kappa shape index (κ1) is 12.7. The van der Waals surface area contributed by atoms with Gasteiger partial charge in [-0.2, -0.15) is 0 Å². The second kappa shape index (κ2) is 5.69. The summed E-state index contributed by atoms with van der Waals surface area (Å²) in [5.41, 5.74) is 0.653. The maximum atomic E-state index is 13.2. The molecule has 17 heavy (non-hydrogen) atoms. The van der Waals surface area contributed by atoms with E-state index >= 15 is 0 Å². The predicted molar refractivity (Wildman–Crippen MR) is 68.1 cm³/mol. The number of hydrogen-bond acceptors (Lipinski definition) is 2. The van der Waals surface area contributed by atoms with Crippen LogP contribution in [0.2, 0.25) is 5.02 Å². The largest absolute Gasteiger partial charge is 0.379 e. The number of anilines is 1. The minimum Gasteiger partial charge on any atom is -0.379 e. The van der Waals surface area contributed by atoms with Gasteiger partial charge in [0.1, 0.15) is 5.82 Å². The number of hydrogen-bond donors (Lipinski definition) is 1. The van der Waals surface area contributed by atoms with Crippen molar-refractivity contribution in [1.29, 1.82) is 0 Å². The average Bonchev–Trinajstić information content (AvgIpc) is 2.34. The molecule has 94 valence electrons. The van der Waals surface area contributed by atoms with E-state index in [2.05, 4.69) is 5.32 Å². The standard InChI is InChI=1S/C13H17ClFNO/c1-17-13-5-3-2-4-11(13)16-12-8-9(15)6-7-10(12)14/h6-8,11,13,16H,2-5H2,1H3. The first-order valence-corrected chi connectivity index (χ1v) is 6.33. The summed E-state index contributed by atoms with van der Waals surface area (Å²) in [6.07, 6.45) is 4.62. The SMILES string of the molecule is COC1CCCCC1Nc1cc(F)ccc1Cl. The van der Waals surface area contributed by atoms with Crippen LogP contribution >= 0.6 is 11.6 Å². The average molecular weight is 258 g/mol. The Labute approximate surface area is 106 Å². The van der Waals surface area contributed by atoms with Gasteiger partial charge in [0, 0.05) is 7.11 Å². The highest BCUT2D eigenvalue weighted by atomic mass is 35.5. The Morgan fingerprint density at radius 1 is 1.35 bits per heavy atom. The molecule has 1 aromatic rings. The molecule has 2 atom stereocenters. The van der Waals surface area contributed by atoms with Crippen molar-refractivity contribution in [1.82, 2.24) is 0 Å². The number of nitrogens with one attached hydrogen (secondary N) is 1. The van der Waals surface area contributed by atoms with Crippen molar-refractivity contribution in [2.75, 3.05) is 12.4 Å². The number of rotatable bonds is 3. The third-order valence-corrected chi connectivity index (χ3v) is 3.60. The van der Waals surface area contributed by atoms with Gasteiger partial charge < -0.3 is 10.1 Å². The van der Waals surface area contributed by atoms with Crippen molar-refractivity contribution in [3.63, 3.8) is 0 Å². The van der Waals surface area contributed by atoms with Crippen LogP contribution in [0.1, 0.15) is 25.7 Å². The Balaban J connectivity index is 2.10. The molecule has 2 nitrogen and oxygen atoms in total. The predicted octanol–water partition coefficient (Wildman–Crippen LogP) is 3.85. The van der Waals surface area contributed by atoms with Gasteiger partial charge >= 0.3 is 0 Å². The smallest absolute Gasteiger partial charge is 0.125 e. The molecule has 0 aliphatic heterocycles. The second-order valence-electron chi connectivity index (χ2n) is 4.43. The minimum atomic E-state index is -0.276. The maximum absolute atomic E-state index is 13.2. The summed E-state index contributed by atoms with van der Waals surface area (Å²) < 4.78 is 18.6. The fourth-order valence-electron chi connectivity index (χ4n) is 2.35. The molecule has 2 unspecified atom stereocenters. The molecule has 0 radical (unpaired) electrons. The summed E-state index contributed by atoms with van der Waals surface area (Å²) in [5, 5.41) is 3.84. The third-order valence-electron chi connectivity index (χ3n) is 3.27. The van der Waals surface area contributed by atoms with E-state index in [1.165, 1.54) is 25.0 Å². The van der Waals surface area contributed by atoms with Crippen LogP contribution in [0.25, 0.3) is 0 Å². The summed E-state index contributed by atoms with van der Waals surface area (Å²) in [5.74, 6) is -0.276. The van der Waals surface area contributed by atoms with E-state index in [0.29, 0.717) is 10.7 Å². The summed E-state index contributed by atoms with van der Waals surface area (Å²) in [6.45, 7) is 0. The molecule has 0 amide bonds. The van der Waals surface area contributed by atoms with Crippen molar-refractivity contribution < 1.29 is 9.13 Å². The summed E-state index contributed by atoms with van der Waals surface area (Å²) >= 11 is 6.04. The van der Waals surface area contributed by atoms with E-state index in [4.69, 9.17) is 16.3 Å². The molecule has 1 aromatic carbocycles. The Bertz CT molecular complexity index is 386. The zero-order valence-electron chi connectivity index (χ0n) is 9.88. The van der Waals surface area contributed by atoms with Crippen LogP contribution in [0, 0.1) is 5.82 Å². The Hall–Kier alpha value is -0.800. The molecule has 1 fully saturated rings. The first-order chi connectivity index (χ1) is 8.20. The Morgan fingerprint density at radius 2 is 2.12 bits per heavy atom. The molecular weight excluding hydrogens is 241 g/mol. The van der Waals surface area contributed by atoms with Crippen LogP contribution in [0.15, 0.2) is 18.2 Å². The fourth-order valence-corrected chi connectivity index (χ4v) is 2.52. The van der Waals surface area contributed by atoms with E-state index in [-0.39, 0.29) is 18.0 Å². The zero-order chi connectivity index (χ0) is 12.3. The highest BCUT2D eigenvalue weighted by Gasteiger charge is 2.25. The van der Waals surface area contributed by atoms with Gasteiger partial charge in [0.05, 0.1) is 22.9 Å². The van der Waals surface area contributed by atoms with Crippen molar-refractivity contribution in [2.45, 2.75) is 37.8 Å². The van der Waals surface area contributed by atoms with Crippen molar-refractivity contribution in [3.8, 4) is 0 Å². The van der Waals surface area contributed by atoms with Gasteiger partial charge in [-0.1, -0.05) is 24.4 Å². The van der Waals surface area contributed by atoms with E-state index < -0.39 is 0 Å². The fraction of sp³-hybridized carbons (Fsp3) is 0.538. The van der Waals surface area contributed by atoms with E-state index in [0.717, 1.165) is 12.8 Å². The lowest BCUT2D eigenvalue weighted by Crippen LogP contribution is -2.37. The van der Waals surface area contributed by atoms with E-state index in [9.17, 15) is 4.39 Å². The van der Waals surface area contributed by atoms with Gasteiger partial charge in [0.2, 0.25) is 0 Å². The lowest BCUT2D eigenvalue weighted by Gasteiger charge is -2.32. The molecule has 1 aliphatic rings. The van der Waals surface area contributed by atoms with Gasteiger partial charge in [-0.3, -0.25) is 0 Å². The monoisotopic (exact) mass is 257 g/mol. The molecule has 1 N–H and O–H groups in total. The van der Waals surface area contributed by atoms with Gasteiger partial charge in [-0.05, 0) is 31.0 Å². The molecule has 0 spiro atoms. The number of ether oxygens (including phenoxy) is 1. The Morgan fingerprint density at radius 3 is 2.88 bits per heavy atom. The van der Waals surface area contributed by atoms with Crippen molar-refractivity contribution in [2.24, 2.45) is 0 Å². The zero-order valence-corrected chi connectivity index (χ0v) is 10.6. The number of methoxy groups -OCH3 is 1. The molecule has 0 aromatic heterocycles. The number of halogens is 2. The lowest BCUT2D eigenvalue weighted by atomic mass is 9.92. The quantitative estimate of drug-likeness (QED) is 0.888. The number of benzene rings is 1. The maximum Gasteiger partial charge on any atom is 0.125 e. The lowest BCUT2D eigenvalue weighted by molar-refractivity contribution is 0.0606. The van der Waals surface area contributed by atoms with Gasteiger partial charge in [-0.15, -0.1) is 0 Å². The summed E-state index contributed by atoms with van der Waals surface area (Å²) in [6, 6.07) is 4.59. The van der Waals surface area contributed by atoms with Crippen LogP contribution in [0.4, 0.5) is 10.1 Å². The molecule has 0 heterocycles. The molecule has 2 rings (SSSR count). The molecule has 0 bridgehead atoms. The molecule has 4 heteroatoms. The molecule has 1 aliphatic carbocycles. The van der Waals surface area contributed by atoms with Gasteiger partial charge in [0.25, 0.3) is 0 Å². The third kappa shape index (κ3) is 3.11. The topological polar surface area (TPSA) is 21.3 Å². The van der Waals surface area contributed by atoms with E-state index in [1.807, 2.05) is 0 Å². The highest BCUT2D eigenvalue weighted by molar-refractivity contribution is 6.33. The highest BCUT2D eigenvalue weighted by Crippen LogP contribution is 2.28. The molecular formula is C13H17ClFNO. The first-order valence-electron chi connectivity index (χ1n) is 5.95. The Kier molecular flexibility index (Phi) is 4.24. The minimum absolute atomic E-state index is 0.183. The van der Waals surface area contributed by atoms with Gasteiger partial charge in [-0.25, -0.2) is 4.39 Å². The normalized spacial score (nSPS) is 24.6. The summed E-state index contributed by atoms with van der Waals surface area (Å²) in [7, 11) is 1.72. The van der Waals surface area contributed by atoms with Crippen LogP contribution in [-0.4, -0.2) is 19.3 Å². The molecule has 0 saturated heterocycles. The summed E-state index contributed by atoms with van der Waals surface area (Å²) in [4.78, 5) is 0. The van der Waals surface area contributed by atoms with Crippen LogP contribution < -0.4 is 5.32 Å². The second-order valence-corrected chi connectivity index (χ2v) is 4.84. The van der Waals surface area contributed by atoms with Crippen LogP contribution in [-0.2, 0) is 4.74 Å². The van der Waals surface area contributed by atoms with Crippen molar-refractivity contribution in [3.05, 3.63) is 29.0 Å². The van der Waals surface area contributed by atoms with E-state index in [1.54, 1.807) is 13.2 Å². The van der Waals surface area contributed by atoms with Crippen molar-refractivity contribution >= 4 is 17.3 Å². The molecule has 1 saturated carbocycles.